The standard InChI is InChI=1S/C26H26FN5O2S/c1-17-22(16-19-6-4-3-5-7-19)24(33)32(29-17)26-28-18(2)23(35-26)25(34)31-14-12-30(13-15-31)21-10-8-20(27)9-11-21/h3-11,29H,12-16H2,1-2H3. The molecule has 1 aliphatic heterocycles. The van der Waals surface area contributed by atoms with E-state index in [0.717, 1.165) is 16.9 Å². The number of hydrogen-bond acceptors (Lipinski definition) is 5. The molecule has 4 aromatic rings. The highest BCUT2D eigenvalue weighted by molar-refractivity contribution is 7.16. The maximum atomic E-state index is 13.3. The first-order valence-electron chi connectivity index (χ1n) is 11.5. The molecule has 1 aliphatic rings. The summed E-state index contributed by atoms with van der Waals surface area (Å²) in [6.07, 6.45) is 0.531. The second-order valence-corrected chi connectivity index (χ2v) is 9.66. The summed E-state index contributed by atoms with van der Waals surface area (Å²) >= 11 is 1.23. The average Bonchev–Trinajstić information content (AvgIpc) is 3.39. The second-order valence-electron chi connectivity index (χ2n) is 8.68. The van der Waals surface area contributed by atoms with Crippen molar-refractivity contribution in [3.63, 3.8) is 0 Å². The van der Waals surface area contributed by atoms with Gasteiger partial charge in [-0.15, -0.1) is 0 Å². The highest BCUT2D eigenvalue weighted by Gasteiger charge is 2.27. The number of carbonyl (C=O) groups excluding carboxylic acids is 1. The van der Waals surface area contributed by atoms with Gasteiger partial charge in [-0.05, 0) is 43.7 Å². The highest BCUT2D eigenvalue weighted by Crippen LogP contribution is 2.24. The Morgan fingerprint density at radius 3 is 2.40 bits per heavy atom. The smallest absolute Gasteiger partial charge is 0.277 e. The Balaban J connectivity index is 1.32. The number of nitrogens with zero attached hydrogens (tertiary/aromatic N) is 4. The molecule has 0 spiro atoms. The number of amides is 1. The van der Waals surface area contributed by atoms with Crippen molar-refractivity contribution >= 4 is 22.9 Å². The molecular weight excluding hydrogens is 465 g/mol. The Bertz CT molecular complexity index is 1400. The molecule has 0 atom stereocenters. The van der Waals surface area contributed by atoms with Gasteiger partial charge in [0.15, 0.2) is 0 Å². The molecule has 35 heavy (non-hydrogen) atoms. The minimum atomic E-state index is -0.261. The molecule has 9 heteroatoms. The Morgan fingerprint density at radius 2 is 1.71 bits per heavy atom. The minimum absolute atomic E-state index is 0.0779. The molecule has 1 amide bonds. The monoisotopic (exact) mass is 491 g/mol. The van der Waals surface area contributed by atoms with Gasteiger partial charge in [-0.2, -0.15) is 4.68 Å². The Hall–Kier alpha value is -3.72. The van der Waals surface area contributed by atoms with Crippen LogP contribution in [-0.4, -0.2) is 51.8 Å². The van der Waals surface area contributed by atoms with Gasteiger partial charge in [0.1, 0.15) is 10.7 Å². The van der Waals surface area contributed by atoms with Gasteiger partial charge in [-0.3, -0.25) is 14.7 Å². The van der Waals surface area contributed by atoms with Crippen molar-refractivity contribution in [2.75, 3.05) is 31.1 Å². The molecule has 0 radical (unpaired) electrons. The normalized spacial score (nSPS) is 13.9. The summed E-state index contributed by atoms with van der Waals surface area (Å²) < 4.78 is 14.7. The van der Waals surface area contributed by atoms with Gasteiger partial charge in [-0.1, -0.05) is 41.7 Å². The zero-order valence-electron chi connectivity index (χ0n) is 19.6. The van der Waals surface area contributed by atoms with Crippen LogP contribution in [0, 0.1) is 19.7 Å². The molecule has 2 aromatic heterocycles. The number of piperazine rings is 1. The first kappa shape index (κ1) is 23.0. The molecule has 5 rings (SSSR count). The first-order valence-corrected chi connectivity index (χ1v) is 12.3. The molecule has 1 fully saturated rings. The number of aromatic nitrogens is 3. The van der Waals surface area contributed by atoms with E-state index in [0.29, 0.717) is 53.9 Å². The highest BCUT2D eigenvalue weighted by atomic mass is 32.1. The summed E-state index contributed by atoms with van der Waals surface area (Å²) in [6.45, 7) is 6.13. The van der Waals surface area contributed by atoms with E-state index < -0.39 is 0 Å². The van der Waals surface area contributed by atoms with E-state index in [1.54, 1.807) is 19.1 Å². The van der Waals surface area contributed by atoms with Gasteiger partial charge in [-0.25, -0.2) is 9.37 Å². The zero-order chi connectivity index (χ0) is 24.5. The molecule has 7 nitrogen and oxygen atoms in total. The van der Waals surface area contributed by atoms with Crippen LogP contribution in [0.1, 0.15) is 32.2 Å². The predicted octanol–water partition coefficient (Wildman–Crippen LogP) is 3.93. The summed E-state index contributed by atoms with van der Waals surface area (Å²) in [7, 11) is 0. The number of carbonyl (C=O) groups is 1. The quantitative estimate of drug-likeness (QED) is 0.459. The Kier molecular flexibility index (Phi) is 6.25. The fraction of sp³-hybridized carbons (Fsp3) is 0.269. The summed E-state index contributed by atoms with van der Waals surface area (Å²) in [5, 5.41) is 3.59. The van der Waals surface area contributed by atoms with E-state index in [9.17, 15) is 14.0 Å². The summed E-state index contributed by atoms with van der Waals surface area (Å²) in [6, 6.07) is 16.3. The lowest BCUT2D eigenvalue weighted by molar-refractivity contribution is 0.0750. The Morgan fingerprint density at radius 1 is 1.03 bits per heavy atom. The van der Waals surface area contributed by atoms with E-state index in [4.69, 9.17) is 0 Å². The van der Waals surface area contributed by atoms with E-state index in [1.807, 2.05) is 42.2 Å². The van der Waals surface area contributed by atoms with Crippen molar-refractivity contribution in [2.45, 2.75) is 20.3 Å². The number of hydrogen-bond donors (Lipinski definition) is 1. The first-order chi connectivity index (χ1) is 16.9. The van der Waals surface area contributed by atoms with Crippen LogP contribution in [0.3, 0.4) is 0 Å². The number of benzene rings is 2. The maximum absolute atomic E-state index is 13.3. The van der Waals surface area contributed by atoms with E-state index in [-0.39, 0.29) is 17.3 Å². The van der Waals surface area contributed by atoms with Gasteiger partial charge in [0.25, 0.3) is 11.5 Å². The van der Waals surface area contributed by atoms with Crippen molar-refractivity contribution in [2.24, 2.45) is 0 Å². The fourth-order valence-corrected chi connectivity index (χ4v) is 5.36. The molecule has 0 bridgehead atoms. The summed E-state index contributed by atoms with van der Waals surface area (Å²) in [5.74, 6) is -0.339. The number of thiazole rings is 1. The van der Waals surface area contributed by atoms with Crippen LogP contribution in [0.2, 0.25) is 0 Å². The molecule has 1 N–H and O–H groups in total. The number of halogens is 1. The van der Waals surface area contributed by atoms with Crippen molar-refractivity contribution in [1.29, 1.82) is 0 Å². The van der Waals surface area contributed by atoms with Crippen molar-refractivity contribution in [3.05, 3.63) is 98.2 Å². The van der Waals surface area contributed by atoms with Gasteiger partial charge in [0.05, 0.1) is 5.69 Å². The SMILES string of the molecule is Cc1nc(-n2[nH]c(C)c(Cc3ccccc3)c2=O)sc1C(=O)N1CCN(c2ccc(F)cc2)CC1. The van der Waals surface area contributed by atoms with Gasteiger partial charge in [0, 0.05) is 49.5 Å². The number of nitrogens with one attached hydrogen (secondary N) is 1. The number of aryl methyl sites for hydroxylation is 2. The van der Waals surface area contributed by atoms with Crippen LogP contribution in [0.25, 0.3) is 5.13 Å². The third-order valence-electron chi connectivity index (χ3n) is 6.35. The largest absolute Gasteiger partial charge is 0.368 e. The van der Waals surface area contributed by atoms with Gasteiger partial charge >= 0.3 is 0 Å². The van der Waals surface area contributed by atoms with Crippen LogP contribution in [-0.2, 0) is 6.42 Å². The molecule has 2 aromatic carbocycles. The molecule has 3 heterocycles. The zero-order valence-corrected chi connectivity index (χ0v) is 20.4. The summed E-state index contributed by atoms with van der Waals surface area (Å²) in [4.78, 5) is 35.5. The van der Waals surface area contributed by atoms with Crippen LogP contribution >= 0.6 is 11.3 Å². The maximum Gasteiger partial charge on any atom is 0.277 e. The number of aromatic amines is 1. The lowest BCUT2D eigenvalue weighted by atomic mass is 10.1. The molecule has 1 saturated heterocycles. The number of rotatable bonds is 5. The third kappa shape index (κ3) is 4.64. The van der Waals surface area contributed by atoms with E-state index >= 15 is 0 Å². The van der Waals surface area contributed by atoms with E-state index in [1.165, 1.54) is 28.2 Å². The van der Waals surface area contributed by atoms with E-state index in [2.05, 4.69) is 15.0 Å². The lowest BCUT2D eigenvalue weighted by Crippen LogP contribution is -2.48. The van der Waals surface area contributed by atoms with Crippen molar-refractivity contribution in [1.82, 2.24) is 19.7 Å². The average molecular weight is 492 g/mol. The number of anilines is 1. The molecule has 0 unspecified atom stereocenters. The van der Waals surface area contributed by atoms with Gasteiger partial charge < -0.3 is 9.80 Å². The molecular formula is C26H26FN5O2S. The minimum Gasteiger partial charge on any atom is -0.368 e. The topological polar surface area (TPSA) is 74.2 Å². The summed E-state index contributed by atoms with van der Waals surface area (Å²) in [5.41, 5.74) is 3.95. The van der Waals surface area contributed by atoms with Crippen LogP contribution in [0.4, 0.5) is 10.1 Å². The van der Waals surface area contributed by atoms with Crippen LogP contribution in [0.5, 0.6) is 0 Å². The van der Waals surface area contributed by atoms with Crippen LogP contribution in [0.15, 0.2) is 59.4 Å². The lowest BCUT2D eigenvalue weighted by Gasteiger charge is -2.36. The van der Waals surface area contributed by atoms with Crippen molar-refractivity contribution in [3.8, 4) is 5.13 Å². The number of H-pyrrole nitrogens is 1. The molecule has 180 valence electrons. The molecule has 0 aliphatic carbocycles. The second kappa shape index (κ2) is 9.50. The van der Waals surface area contributed by atoms with Gasteiger partial charge in [0.2, 0.25) is 5.13 Å². The Labute approximate surface area is 206 Å². The fourth-order valence-electron chi connectivity index (χ4n) is 4.36. The third-order valence-corrected chi connectivity index (χ3v) is 7.48. The molecule has 0 saturated carbocycles. The van der Waals surface area contributed by atoms with Crippen molar-refractivity contribution < 1.29 is 9.18 Å². The predicted molar refractivity (Wildman–Crippen MR) is 135 cm³/mol. The van der Waals surface area contributed by atoms with Crippen LogP contribution < -0.4 is 10.5 Å².